The van der Waals surface area contributed by atoms with Crippen molar-refractivity contribution in [3.8, 4) is 0 Å². The number of hydrogen-bond acceptors (Lipinski definition) is 1. The molecule has 0 bridgehead atoms. The van der Waals surface area contributed by atoms with E-state index in [0.29, 0.717) is 0 Å². The Morgan fingerprint density at radius 3 is 2.38 bits per heavy atom. The van der Waals surface area contributed by atoms with Gasteiger partial charge in [-0.15, -0.1) is 0 Å². The van der Waals surface area contributed by atoms with Crippen molar-refractivity contribution in [1.82, 2.24) is 0 Å². The highest BCUT2D eigenvalue weighted by Crippen LogP contribution is 2.26. The van der Waals surface area contributed by atoms with E-state index >= 15 is 0 Å². The normalized spacial score (nSPS) is 12.2. The SMILES string of the molecule is CC(C)(C)c1ccc2cocc2c1. The highest BCUT2D eigenvalue weighted by atomic mass is 16.3. The second-order valence-corrected chi connectivity index (χ2v) is 4.47. The predicted octanol–water partition coefficient (Wildman–Crippen LogP) is 3.73. The van der Waals surface area contributed by atoms with E-state index in [9.17, 15) is 0 Å². The highest BCUT2D eigenvalue weighted by molar-refractivity contribution is 5.81. The van der Waals surface area contributed by atoms with Gasteiger partial charge in [0.15, 0.2) is 0 Å². The Kier molecular flexibility index (Phi) is 1.69. The molecule has 0 aliphatic rings. The maximum absolute atomic E-state index is 5.13. The van der Waals surface area contributed by atoms with E-state index in [0.717, 1.165) is 0 Å². The summed E-state index contributed by atoms with van der Waals surface area (Å²) in [6, 6.07) is 6.47. The predicted molar refractivity (Wildman–Crippen MR) is 54.9 cm³/mol. The van der Waals surface area contributed by atoms with E-state index in [1.807, 2.05) is 0 Å². The van der Waals surface area contributed by atoms with Crippen molar-refractivity contribution in [2.24, 2.45) is 0 Å². The highest BCUT2D eigenvalue weighted by Gasteiger charge is 2.13. The van der Waals surface area contributed by atoms with Crippen molar-refractivity contribution in [2.45, 2.75) is 26.2 Å². The fourth-order valence-electron chi connectivity index (χ4n) is 1.43. The van der Waals surface area contributed by atoms with Gasteiger partial charge in [-0.05, 0) is 17.0 Å². The maximum Gasteiger partial charge on any atom is 0.0981 e. The van der Waals surface area contributed by atoms with Crippen LogP contribution in [0.5, 0.6) is 0 Å². The Morgan fingerprint density at radius 1 is 1.00 bits per heavy atom. The molecule has 0 aliphatic carbocycles. The van der Waals surface area contributed by atoms with Gasteiger partial charge >= 0.3 is 0 Å². The summed E-state index contributed by atoms with van der Waals surface area (Å²) < 4.78 is 5.13. The van der Waals surface area contributed by atoms with Crippen molar-refractivity contribution >= 4 is 10.8 Å². The van der Waals surface area contributed by atoms with Gasteiger partial charge in [-0.3, -0.25) is 0 Å². The van der Waals surface area contributed by atoms with E-state index in [1.54, 1.807) is 12.5 Å². The molecule has 13 heavy (non-hydrogen) atoms. The minimum atomic E-state index is 0.214. The molecule has 0 saturated carbocycles. The maximum atomic E-state index is 5.13. The molecule has 0 N–H and O–H groups in total. The van der Waals surface area contributed by atoms with Crippen molar-refractivity contribution in [3.63, 3.8) is 0 Å². The molecule has 2 rings (SSSR count). The molecule has 1 aromatic heterocycles. The average Bonchev–Trinajstić information content (AvgIpc) is 2.47. The van der Waals surface area contributed by atoms with Crippen LogP contribution in [-0.2, 0) is 5.41 Å². The summed E-state index contributed by atoms with van der Waals surface area (Å²) in [6.07, 6.45) is 3.58. The van der Waals surface area contributed by atoms with Gasteiger partial charge in [0.2, 0.25) is 0 Å². The molecule has 0 saturated heterocycles. The largest absolute Gasteiger partial charge is 0.471 e. The van der Waals surface area contributed by atoms with Gasteiger partial charge in [-0.1, -0.05) is 32.9 Å². The topological polar surface area (TPSA) is 13.1 Å². The molecule has 0 aliphatic heterocycles. The van der Waals surface area contributed by atoms with E-state index < -0.39 is 0 Å². The lowest BCUT2D eigenvalue weighted by Gasteiger charge is -2.18. The van der Waals surface area contributed by atoms with Gasteiger partial charge in [0.05, 0.1) is 12.5 Å². The second-order valence-electron chi connectivity index (χ2n) is 4.47. The summed E-state index contributed by atoms with van der Waals surface area (Å²) in [5.41, 5.74) is 1.56. The van der Waals surface area contributed by atoms with Crippen LogP contribution in [0, 0.1) is 0 Å². The summed E-state index contributed by atoms with van der Waals surface area (Å²) in [6.45, 7) is 6.65. The molecule has 68 valence electrons. The monoisotopic (exact) mass is 174 g/mol. The van der Waals surface area contributed by atoms with Gasteiger partial charge in [0, 0.05) is 10.8 Å². The third-order valence-electron chi connectivity index (χ3n) is 2.34. The standard InChI is InChI=1S/C12H14O/c1-12(2,3)11-5-4-9-7-13-8-10(9)6-11/h4-8H,1-3H3. The zero-order valence-electron chi connectivity index (χ0n) is 8.29. The molecule has 0 unspecified atom stereocenters. The van der Waals surface area contributed by atoms with E-state index in [4.69, 9.17) is 4.42 Å². The minimum Gasteiger partial charge on any atom is -0.471 e. The van der Waals surface area contributed by atoms with Gasteiger partial charge in [0.1, 0.15) is 0 Å². The van der Waals surface area contributed by atoms with Crippen LogP contribution in [0.4, 0.5) is 0 Å². The second kappa shape index (κ2) is 2.63. The van der Waals surface area contributed by atoms with Crippen LogP contribution in [0.15, 0.2) is 35.1 Å². The van der Waals surface area contributed by atoms with Crippen LogP contribution in [-0.4, -0.2) is 0 Å². The molecule has 1 nitrogen and oxygen atoms in total. The molecule has 1 heterocycles. The third-order valence-corrected chi connectivity index (χ3v) is 2.34. The first-order valence-electron chi connectivity index (χ1n) is 4.54. The average molecular weight is 174 g/mol. The van der Waals surface area contributed by atoms with Crippen molar-refractivity contribution in [3.05, 3.63) is 36.3 Å². The number of rotatable bonds is 0. The van der Waals surface area contributed by atoms with Crippen LogP contribution in [0.2, 0.25) is 0 Å². The molecule has 0 radical (unpaired) electrons. The number of benzene rings is 1. The van der Waals surface area contributed by atoms with Crippen molar-refractivity contribution < 1.29 is 4.42 Å². The summed E-state index contributed by atoms with van der Waals surface area (Å²) in [4.78, 5) is 0. The summed E-state index contributed by atoms with van der Waals surface area (Å²) >= 11 is 0. The van der Waals surface area contributed by atoms with Crippen LogP contribution in [0.1, 0.15) is 26.3 Å². The quantitative estimate of drug-likeness (QED) is 0.593. The molecule has 1 heteroatoms. The van der Waals surface area contributed by atoms with Gasteiger partial charge in [0.25, 0.3) is 0 Å². The van der Waals surface area contributed by atoms with E-state index in [1.165, 1.54) is 16.3 Å². The molecule has 1 aromatic carbocycles. The Bertz CT molecular complexity index is 418. The molecule has 0 amide bonds. The lowest BCUT2D eigenvalue weighted by atomic mass is 9.86. The fraction of sp³-hybridized carbons (Fsp3) is 0.333. The lowest BCUT2D eigenvalue weighted by Crippen LogP contribution is -2.10. The minimum absolute atomic E-state index is 0.214. The first kappa shape index (κ1) is 8.36. The van der Waals surface area contributed by atoms with E-state index in [-0.39, 0.29) is 5.41 Å². The van der Waals surface area contributed by atoms with Gasteiger partial charge < -0.3 is 4.42 Å². The smallest absolute Gasteiger partial charge is 0.0981 e. The fourth-order valence-corrected chi connectivity index (χ4v) is 1.43. The zero-order valence-corrected chi connectivity index (χ0v) is 8.29. The van der Waals surface area contributed by atoms with Crippen LogP contribution in [0.25, 0.3) is 10.8 Å². The molecule has 0 fully saturated rings. The van der Waals surface area contributed by atoms with Crippen molar-refractivity contribution in [1.29, 1.82) is 0 Å². The summed E-state index contributed by atoms with van der Waals surface area (Å²) in [5.74, 6) is 0. The number of fused-ring (bicyclic) bond motifs is 1. The molecular weight excluding hydrogens is 160 g/mol. The zero-order chi connectivity index (χ0) is 9.47. The molecule has 2 aromatic rings. The Balaban J connectivity index is 2.61. The Morgan fingerprint density at radius 2 is 1.69 bits per heavy atom. The Labute approximate surface area is 78.4 Å². The molecule has 0 atom stereocenters. The number of furan rings is 1. The Hall–Kier alpha value is -1.24. The van der Waals surface area contributed by atoms with Crippen LogP contribution < -0.4 is 0 Å². The summed E-state index contributed by atoms with van der Waals surface area (Å²) in [7, 11) is 0. The van der Waals surface area contributed by atoms with Crippen molar-refractivity contribution in [2.75, 3.05) is 0 Å². The number of hydrogen-bond donors (Lipinski definition) is 0. The molecule has 0 spiro atoms. The lowest BCUT2D eigenvalue weighted by molar-refractivity contribution is 0.572. The molecular formula is C12H14O. The van der Waals surface area contributed by atoms with Crippen LogP contribution in [0.3, 0.4) is 0 Å². The van der Waals surface area contributed by atoms with Gasteiger partial charge in [-0.2, -0.15) is 0 Å². The first-order valence-corrected chi connectivity index (χ1v) is 4.54. The first-order chi connectivity index (χ1) is 6.07. The third kappa shape index (κ3) is 1.46. The van der Waals surface area contributed by atoms with E-state index in [2.05, 4.69) is 39.0 Å². The summed E-state index contributed by atoms with van der Waals surface area (Å²) in [5, 5.41) is 2.36. The van der Waals surface area contributed by atoms with Crippen LogP contribution >= 0.6 is 0 Å². The van der Waals surface area contributed by atoms with Gasteiger partial charge in [-0.25, -0.2) is 0 Å².